The standard InChI is InChI=1S/C22H36N2O13/c1-4-5-13-16(24-10(3)27)19(32)18(31)14(36-13)8-35-22(21(33)34)6-11(28)15(23-9(2)26)20(37-22)17(30)12(29)7-25/h11-18,20,25,28-31H,4-8H2,1-3H3,(H,23,26)(H,24,27)(H,33,34)/t11?,12-,13-,14-,15?,16+,17-,18+,20?,22?/m1/s1. The largest absolute Gasteiger partial charge is 0.477 e. The number of ketones is 1. The first-order valence-corrected chi connectivity index (χ1v) is 11.9. The van der Waals surface area contributed by atoms with Crippen molar-refractivity contribution in [2.45, 2.75) is 101 Å². The van der Waals surface area contributed by atoms with E-state index in [-0.39, 0.29) is 0 Å². The molecule has 10 atom stereocenters. The highest BCUT2D eigenvalue weighted by Gasteiger charge is 2.56. The monoisotopic (exact) mass is 536 g/mol. The number of carbonyl (C=O) groups excluding carboxylic acids is 3. The van der Waals surface area contributed by atoms with Gasteiger partial charge < -0.3 is 55.5 Å². The SMILES string of the molecule is CCC[C@H]1O[C@H](COC2(C(=O)O)CC(O)C(NC(C)=O)C([C@H](O)[C@H](O)CO)O2)[C@H](O)C(=O)[C@H]1NC(C)=O. The molecular formula is C22H36N2O13. The number of aliphatic hydroxyl groups excluding tert-OH is 5. The zero-order valence-corrected chi connectivity index (χ0v) is 20.8. The van der Waals surface area contributed by atoms with E-state index in [9.17, 15) is 49.8 Å². The van der Waals surface area contributed by atoms with Gasteiger partial charge in [-0.1, -0.05) is 13.3 Å². The normalized spacial score (nSPS) is 35.9. The fraction of sp³-hybridized carbons (Fsp3) is 0.818. The van der Waals surface area contributed by atoms with Crippen molar-refractivity contribution in [1.82, 2.24) is 10.6 Å². The van der Waals surface area contributed by atoms with Crippen molar-refractivity contribution >= 4 is 23.6 Å². The maximum absolute atomic E-state index is 12.8. The zero-order chi connectivity index (χ0) is 28.1. The van der Waals surface area contributed by atoms with Crippen LogP contribution in [-0.2, 0) is 33.4 Å². The Balaban J connectivity index is 2.30. The number of hydrogen-bond acceptors (Lipinski definition) is 12. The van der Waals surface area contributed by atoms with Crippen LogP contribution in [0.25, 0.3) is 0 Å². The van der Waals surface area contributed by atoms with E-state index in [0.717, 1.165) is 6.92 Å². The molecule has 8 N–H and O–H groups in total. The van der Waals surface area contributed by atoms with Crippen LogP contribution in [0, 0.1) is 0 Å². The van der Waals surface area contributed by atoms with Crippen LogP contribution in [0.5, 0.6) is 0 Å². The molecule has 15 heteroatoms. The molecule has 2 rings (SSSR count). The first kappa shape index (κ1) is 31.0. The van der Waals surface area contributed by atoms with E-state index in [2.05, 4.69) is 10.6 Å². The maximum atomic E-state index is 12.8. The Morgan fingerprint density at radius 3 is 2.27 bits per heavy atom. The number of rotatable bonds is 11. The van der Waals surface area contributed by atoms with Gasteiger partial charge >= 0.3 is 5.97 Å². The zero-order valence-electron chi connectivity index (χ0n) is 20.8. The van der Waals surface area contributed by atoms with Crippen molar-refractivity contribution in [2.24, 2.45) is 0 Å². The number of aliphatic carboxylic acids is 1. The lowest BCUT2D eigenvalue weighted by Gasteiger charge is -2.47. The Hall–Kier alpha value is -2.24. The molecule has 0 radical (unpaired) electrons. The molecule has 0 bridgehead atoms. The summed E-state index contributed by atoms with van der Waals surface area (Å²) in [5.41, 5.74) is 0. The van der Waals surface area contributed by atoms with Crippen LogP contribution in [0.1, 0.15) is 40.0 Å². The van der Waals surface area contributed by atoms with Gasteiger partial charge in [0.15, 0.2) is 5.78 Å². The molecule has 2 aliphatic heterocycles. The molecule has 2 aliphatic rings. The molecule has 2 saturated heterocycles. The van der Waals surface area contributed by atoms with Crippen LogP contribution < -0.4 is 10.6 Å². The van der Waals surface area contributed by atoms with E-state index < -0.39 is 104 Å². The Morgan fingerprint density at radius 2 is 1.76 bits per heavy atom. The van der Waals surface area contributed by atoms with Crippen LogP contribution in [0.4, 0.5) is 0 Å². The van der Waals surface area contributed by atoms with Gasteiger partial charge in [0.1, 0.15) is 36.6 Å². The Kier molecular flexibility index (Phi) is 10.9. The third kappa shape index (κ3) is 7.20. The van der Waals surface area contributed by atoms with E-state index >= 15 is 0 Å². The number of amides is 2. The summed E-state index contributed by atoms with van der Waals surface area (Å²) in [6.07, 6.45) is -11.1. The number of carboxylic acid groups (broad SMARTS) is 1. The molecule has 2 fully saturated rings. The molecule has 212 valence electrons. The summed E-state index contributed by atoms with van der Waals surface area (Å²) in [5.74, 6) is -6.33. The summed E-state index contributed by atoms with van der Waals surface area (Å²) in [6.45, 7) is 2.46. The van der Waals surface area contributed by atoms with E-state index in [4.69, 9.17) is 14.2 Å². The predicted octanol–water partition coefficient (Wildman–Crippen LogP) is -3.85. The number of ether oxygens (including phenoxy) is 3. The predicted molar refractivity (Wildman–Crippen MR) is 121 cm³/mol. The third-order valence-electron chi connectivity index (χ3n) is 6.27. The van der Waals surface area contributed by atoms with Crippen molar-refractivity contribution in [3.63, 3.8) is 0 Å². The van der Waals surface area contributed by atoms with Gasteiger partial charge in [0.2, 0.25) is 11.8 Å². The first-order chi connectivity index (χ1) is 17.3. The van der Waals surface area contributed by atoms with Crippen LogP contribution in [0.3, 0.4) is 0 Å². The molecule has 0 spiro atoms. The van der Waals surface area contributed by atoms with E-state index in [1.54, 1.807) is 0 Å². The molecule has 2 amide bonds. The highest BCUT2D eigenvalue weighted by molar-refractivity contribution is 5.93. The number of carboxylic acids is 1. The lowest BCUT2D eigenvalue weighted by molar-refractivity contribution is -0.319. The second-order valence-corrected chi connectivity index (χ2v) is 9.22. The van der Waals surface area contributed by atoms with Crippen molar-refractivity contribution in [1.29, 1.82) is 0 Å². The number of aliphatic hydroxyl groups is 5. The van der Waals surface area contributed by atoms with Gasteiger partial charge in [-0.15, -0.1) is 0 Å². The summed E-state index contributed by atoms with van der Waals surface area (Å²) < 4.78 is 16.8. The second kappa shape index (κ2) is 13.0. The summed E-state index contributed by atoms with van der Waals surface area (Å²) >= 11 is 0. The van der Waals surface area contributed by atoms with E-state index in [0.29, 0.717) is 12.8 Å². The lowest BCUT2D eigenvalue weighted by atomic mass is 9.88. The smallest absolute Gasteiger partial charge is 0.364 e. The highest BCUT2D eigenvalue weighted by atomic mass is 16.7. The van der Waals surface area contributed by atoms with Gasteiger partial charge in [-0.05, 0) is 6.42 Å². The molecule has 0 aromatic carbocycles. The fourth-order valence-corrected chi connectivity index (χ4v) is 4.45. The van der Waals surface area contributed by atoms with Crippen LogP contribution >= 0.6 is 0 Å². The van der Waals surface area contributed by atoms with Gasteiger partial charge in [-0.25, -0.2) is 4.79 Å². The van der Waals surface area contributed by atoms with Crippen molar-refractivity contribution < 1.29 is 64.0 Å². The molecular weight excluding hydrogens is 500 g/mol. The average molecular weight is 537 g/mol. The Labute approximate surface area is 212 Å². The van der Waals surface area contributed by atoms with E-state index in [1.165, 1.54) is 6.92 Å². The lowest BCUT2D eigenvalue weighted by Crippen LogP contribution is -2.68. The van der Waals surface area contributed by atoms with Crippen molar-refractivity contribution in [3.05, 3.63) is 0 Å². The first-order valence-electron chi connectivity index (χ1n) is 11.9. The minimum absolute atomic E-state index is 0.324. The van der Waals surface area contributed by atoms with Crippen molar-refractivity contribution in [3.8, 4) is 0 Å². The quantitative estimate of drug-likeness (QED) is 0.126. The topological polar surface area (TPSA) is 241 Å². The fourth-order valence-electron chi connectivity index (χ4n) is 4.45. The molecule has 0 aromatic rings. The minimum Gasteiger partial charge on any atom is -0.477 e. The Bertz CT molecular complexity index is 841. The summed E-state index contributed by atoms with van der Waals surface area (Å²) in [4.78, 5) is 48.1. The van der Waals surface area contributed by atoms with Gasteiger partial charge in [0.25, 0.3) is 5.79 Å². The molecule has 37 heavy (non-hydrogen) atoms. The van der Waals surface area contributed by atoms with Gasteiger partial charge in [0.05, 0.1) is 31.5 Å². The molecule has 0 aromatic heterocycles. The minimum atomic E-state index is -2.66. The van der Waals surface area contributed by atoms with Crippen LogP contribution in [-0.4, -0.2) is 128 Å². The molecule has 4 unspecified atom stereocenters. The average Bonchev–Trinajstić information content (AvgIpc) is 2.82. The summed E-state index contributed by atoms with van der Waals surface area (Å²) in [5, 5.41) is 65.4. The molecule has 15 nitrogen and oxygen atoms in total. The van der Waals surface area contributed by atoms with Gasteiger partial charge in [-0.2, -0.15) is 0 Å². The molecule has 0 aliphatic carbocycles. The van der Waals surface area contributed by atoms with Crippen LogP contribution in [0.15, 0.2) is 0 Å². The van der Waals surface area contributed by atoms with Crippen molar-refractivity contribution in [2.75, 3.05) is 13.2 Å². The van der Waals surface area contributed by atoms with Gasteiger partial charge in [-0.3, -0.25) is 14.4 Å². The number of hydrogen-bond donors (Lipinski definition) is 8. The Morgan fingerprint density at radius 1 is 1.14 bits per heavy atom. The highest BCUT2D eigenvalue weighted by Crippen LogP contribution is 2.34. The maximum Gasteiger partial charge on any atom is 0.364 e. The summed E-state index contributed by atoms with van der Waals surface area (Å²) in [7, 11) is 0. The summed E-state index contributed by atoms with van der Waals surface area (Å²) in [6, 6.07) is -2.50. The van der Waals surface area contributed by atoms with E-state index in [1.807, 2.05) is 6.92 Å². The molecule has 2 heterocycles. The van der Waals surface area contributed by atoms with Gasteiger partial charge in [0, 0.05) is 20.3 Å². The second-order valence-electron chi connectivity index (χ2n) is 9.22. The third-order valence-corrected chi connectivity index (χ3v) is 6.27. The van der Waals surface area contributed by atoms with Crippen LogP contribution in [0.2, 0.25) is 0 Å². The molecule has 0 saturated carbocycles. The number of carbonyl (C=O) groups is 4. The number of nitrogens with one attached hydrogen (secondary N) is 2. The number of Topliss-reactive ketones (excluding diaryl/α,β-unsaturated/α-hetero) is 1.